The van der Waals surface area contributed by atoms with Gasteiger partial charge in [0.15, 0.2) is 0 Å². The number of hydrogen-bond acceptors (Lipinski definition) is 3. The molecule has 1 aromatic heterocycles. The van der Waals surface area contributed by atoms with Crippen LogP contribution in [-0.4, -0.2) is 17.1 Å². The van der Waals surface area contributed by atoms with Crippen LogP contribution in [-0.2, 0) is 19.7 Å². The molecule has 1 N–H and O–H groups in total. The van der Waals surface area contributed by atoms with Gasteiger partial charge in [0.05, 0.1) is 6.61 Å². The van der Waals surface area contributed by atoms with E-state index >= 15 is 0 Å². The normalized spacial score (nSPS) is 17.3. The molecule has 0 aliphatic carbocycles. The SMILES string of the molecule is CN1Cc2cc(CO)sc2C1. The molecule has 0 spiro atoms. The molecule has 2 nitrogen and oxygen atoms in total. The zero-order chi connectivity index (χ0) is 7.84. The molecule has 2 heterocycles. The van der Waals surface area contributed by atoms with Crippen molar-refractivity contribution in [1.82, 2.24) is 4.90 Å². The summed E-state index contributed by atoms with van der Waals surface area (Å²) in [6.45, 7) is 2.30. The van der Waals surface area contributed by atoms with Crippen molar-refractivity contribution in [2.75, 3.05) is 7.05 Å². The zero-order valence-electron chi connectivity index (χ0n) is 6.50. The second kappa shape index (κ2) is 2.59. The molecule has 11 heavy (non-hydrogen) atoms. The van der Waals surface area contributed by atoms with E-state index in [1.54, 1.807) is 11.3 Å². The van der Waals surface area contributed by atoms with E-state index in [-0.39, 0.29) is 6.61 Å². The van der Waals surface area contributed by atoms with Crippen molar-refractivity contribution in [3.8, 4) is 0 Å². The molecule has 1 aromatic rings. The number of nitrogens with zero attached hydrogens (tertiary/aromatic N) is 1. The van der Waals surface area contributed by atoms with Crippen LogP contribution in [0.4, 0.5) is 0 Å². The topological polar surface area (TPSA) is 23.5 Å². The number of hydrogen-bond donors (Lipinski definition) is 1. The van der Waals surface area contributed by atoms with Gasteiger partial charge in [-0.05, 0) is 18.7 Å². The fraction of sp³-hybridized carbons (Fsp3) is 0.500. The summed E-state index contributed by atoms with van der Waals surface area (Å²) in [5.41, 5.74) is 1.40. The average molecular weight is 169 g/mol. The summed E-state index contributed by atoms with van der Waals surface area (Å²) in [6, 6.07) is 2.11. The molecule has 1 aliphatic heterocycles. The number of thiophene rings is 1. The van der Waals surface area contributed by atoms with Gasteiger partial charge in [-0.25, -0.2) is 0 Å². The minimum absolute atomic E-state index is 0.196. The van der Waals surface area contributed by atoms with Crippen LogP contribution in [0.25, 0.3) is 0 Å². The quantitative estimate of drug-likeness (QED) is 0.682. The maximum Gasteiger partial charge on any atom is 0.0774 e. The highest BCUT2D eigenvalue weighted by molar-refractivity contribution is 7.12. The van der Waals surface area contributed by atoms with Gasteiger partial charge in [0.25, 0.3) is 0 Å². The first-order chi connectivity index (χ1) is 5.29. The molecule has 0 saturated heterocycles. The Hall–Kier alpha value is -0.380. The summed E-state index contributed by atoms with van der Waals surface area (Å²) in [6.07, 6.45) is 0. The number of fused-ring (bicyclic) bond motifs is 1. The smallest absolute Gasteiger partial charge is 0.0774 e. The monoisotopic (exact) mass is 169 g/mol. The van der Waals surface area contributed by atoms with Gasteiger partial charge in [0.2, 0.25) is 0 Å². The Morgan fingerprint density at radius 1 is 1.64 bits per heavy atom. The predicted molar refractivity (Wildman–Crippen MR) is 45.4 cm³/mol. The highest BCUT2D eigenvalue weighted by Crippen LogP contribution is 2.29. The highest BCUT2D eigenvalue weighted by Gasteiger charge is 2.18. The van der Waals surface area contributed by atoms with Crippen LogP contribution in [0.15, 0.2) is 6.07 Å². The standard InChI is InChI=1S/C8H11NOS/c1-9-3-6-2-7(5-10)11-8(6)4-9/h2,10H,3-5H2,1H3. The summed E-state index contributed by atoms with van der Waals surface area (Å²) >= 11 is 1.73. The molecule has 0 fully saturated rings. The van der Waals surface area contributed by atoms with Crippen LogP contribution in [0.1, 0.15) is 15.3 Å². The van der Waals surface area contributed by atoms with E-state index in [1.165, 1.54) is 10.4 Å². The van der Waals surface area contributed by atoms with Crippen LogP contribution in [0, 0.1) is 0 Å². The molecular weight excluding hydrogens is 158 g/mol. The first-order valence-corrected chi connectivity index (χ1v) is 4.51. The van der Waals surface area contributed by atoms with Crippen LogP contribution in [0.5, 0.6) is 0 Å². The van der Waals surface area contributed by atoms with Crippen LogP contribution in [0.3, 0.4) is 0 Å². The lowest BCUT2D eigenvalue weighted by molar-refractivity contribution is 0.285. The molecule has 60 valence electrons. The maximum absolute atomic E-state index is 8.86. The Morgan fingerprint density at radius 2 is 2.45 bits per heavy atom. The van der Waals surface area contributed by atoms with Gasteiger partial charge in [0.1, 0.15) is 0 Å². The summed E-state index contributed by atoms with van der Waals surface area (Å²) < 4.78 is 0. The largest absolute Gasteiger partial charge is 0.391 e. The van der Waals surface area contributed by atoms with Crippen molar-refractivity contribution in [3.63, 3.8) is 0 Å². The average Bonchev–Trinajstić information content (AvgIpc) is 2.43. The number of aliphatic hydroxyl groups excluding tert-OH is 1. The van der Waals surface area contributed by atoms with E-state index < -0.39 is 0 Å². The van der Waals surface area contributed by atoms with E-state index in [0.29, 0.717) is 0 Å². The Bertz CT molecular complexity index is 246. The third kappa shape index (κ3) is 1.20. The summed E-state index contributed by atoms with van der Waals surface area (Å²) in [7, 11) is 2.12. The fourth-order valence-electron chi connectivity index (χ4n) is 1.47. The van der Waals surface area contributed by atoms with E-state index in [9.17, 15) is 0 Å². The van der Waals surface area contributed by atoms with E-state index in [2.05, 4.69) is 18.0 Å². The number of aliphatic hydroxyl groups is 1. The molecule has 2 rings (SSSR count). The Morgan fingerprint density at radius 3 is 3.09 bits per heavy atom. The van der Waals surface area contributed by atoms with Gasteiger partial charge in [-0.15, -0.1) is 11.3 Å². The summed E-state index contributed by atoms with van der Waals surface area (Å²) in [5, 5.41) is 8.86. The lowest BCUT2D eigenvalue weighted by atomic mass is 10.3. The summed E-state index contributed by atoms with van der Waals surface area (Å²) in [5.74, 6) is 0. The van der Waals surface area contributed by atoms with Crippen LogP contribution in [0.2, 0.25) is 0 Å². The minimum Gasteiger partial charge on any atom is -0.391 e. The minimum atomic E-state index is 0.196. The van der Waals surface area contributed by atoms with Crippen LogP contribution >= 0.6 is 11.3 Å². The van der Waals surface area contributed by atoms with Gasteiger partial charge in [-0.3, -0.25) is 4.90 Å². The summed E-state index contributed by atoms with van der Waals surface area (Å²) in [4.78, 5) is 4.81. The predicted octanol–water partition coefficient (Wildman–Crippen LogP) is 1.19. The highest BCUT2D eigenvalue weighted by atomic mass is 32.1. The van der Waals surface area contributed by atoms with Gasteiger partial charge >= 0.3 is 0 Å². The van der Waals surface area contributed by atoms with E-state index in [1.807, 2.05) is 0 Å². The lowest BCUT2D eigenvalue weighted by Gasteiger charge is -2.03. The van der Waals surface area contributed by atoms with Gasteiger partial charge in [-0.2, -0.15) is 0 Å². The Labute approximate surface area is 70.1 Å². The molecule has 0 aromatic carbocycles. The zero-order valence-corrected chi connectivity index (χ0v) is 7.32. The fourth-order valence-corrected chi connectivity index (χ4v) is 2.59. The molecule has 0 unspecified atom stereocenters. The molecule has 1 aliphatic rings. The van der Waals surface area contributed by atoms with Crippen molar-refractivity contribution in [1.29, 1.82) is 0 Å². The van der Waals surface area contributed by atoms with E-state index in [4.69, 9.17) is 5.11 Å². The van der Waals surface area contributed by atoms with Crippen molar-refractivity contribution in [3.05, 3.63) is 21.4 Å². The first kappa shape index (κ1) is 7.28. The number of rotatable bonds is 1. The molecular formula is C8H11NOS. The molecule has 0 atom stereocenters. The molecule has 0 saturated carbocycles. The molecule has 0 bridgehead atoms. The van der Waals surface area contributed by atoms with Crippen molar-refractivity contribution in [2.45, 2.75) is 19.7 Å². The molecule has 0 radical (unpaired) electrons. The van der Waals surface area contributed by atoms with Gasteiger partial charge < -0.3 is 5.11 Å². The Balaban J connectivity index is 2.29. The Kier molecular flexibility index (Phi) is 1.71. The van der Waals surface area contributed by atoms with Gasteiger partial charge in [-0.1, -0.05) is 0 Å². The second-order valence-corrected chi connectivity index (χ2v) is 4.21. The lowest BCUT2D eigenvalue weighted by Crippen LogP contribution is -2.07. The third-order valence-corrected chi connectivity index (χ3v) is 3.10. The van der Waals surface area contributed by atoms with Crippen molar-refractivity contribution >= 4 is 11.3 Å². The third-order valence-electron chi connectivity index (χ3n) is 1.96. The second-order valence-electron chi connectivity index (χ2n) is 2.99. The maximum atomic E-state index is 8.86. The van der Waals surface area contributed by atoms with E-state index in [0.717, 1.165) is 18.0 Å². The van der Waals surface area contributed by atoms with Crippen LogP contribution < -0.4 is 0 Å². The first-order valence-electron chi connectivity index (χ1n) is 3.69. The molecule has 3 heteroatoms. The van der Waals surface area contributed by atoms with Gasteiger partial charge in [0, 0.05) is 22.8 Å². The van der Waals surface area contributed by atoms with Crippen molar-refractivity contribution < 1.29 is 5.11 Å². The van der Waals surface area contributed by atoms with Crippen molar-refractivity contribution in [2.24, 2.45) is 0 Å². The molecule has 0 amide bonds.